The predicted octanol–water partition coefficient (Wildman–Crippen LogP) is 6.92. The van der Waals surface area contributed by atoms with Crippen molar-refractivity contribution in [2.75, 3.05) is 5.32 Å². The van der Waals surface area contributed by atoms with Crippen molar-refractivity contribution in [1.82, 2.24) is 0 Å². The second kappa shape index (κ2) is 9.91. The number of nitro groups is 1. The van der Waals surface area contributed by atoms with Crippen molar-refractivity contribution < 1.29 is 23.6 Å². The largest absolute Gasteiger partial charge is 0.508 e. The van der Waals surface area contributed by atoms with E-state index in [-0.39, 0.29) is 11.4 Å². The Morgan fingerprint density at radius 1 is 1.00 bits per heavy atom. The SMILES string of the molecule is Cc1ccc(NC(c2c(O)ccc3ccccc23)P(=O)(OC(C)C)OC(C)C)cc1[N+](=O)[O-]. The van der Waals surface area contributed by atoms with Gasteiger partial charge in [-0.05, 0) is 57.5 Å². The van der Waals surface area contributed by atoms with Gasteiger partial charge in [-0.2, -0.15) is 0 Å². The highest BCUT2D eigenvalue weighted by molar-refractivity contribution is 7.54. The number of phenolic OH excluding ortho intramolecular Hbond substituents is 1. The maximum absolute atomic E-state index is 14.3. The molecule has 1 unspecified atom stereocenters. The molecule has 0 amide bonds. The molecule has 0 aliphatic carbocycles. The quantitative estimate of drug-likeness (QED) is 0.198. The van der Waals surface area contributed by atoms with Crippen LogP contribution in [0.25, 0.3) is 10.8 Å². The van der Waals surface area contributed by atoms with Crippen LogP contribution in [0.15, 0.2) is 54.6 Å². The van der Waals surface area contributed by atoms with Crippen LogP contribution in [0.3, 0.4) is 0 Å². The Kier molecular flexibility index (Phi) is 7.42. The van der Waals surface area contributed by atoms with Crippen molar-refractivity contribution in [3.63, 3.8) is 0 Å². The van der Waals surface area contributed by atoms with Gasteiger partial charge in [-0.25, -0.2) is 0 Å². The predicted molar refractivity (Wildman–Crippen MR) is 130 cm³/mol. The first-order valence-corrected chi connectivity index (χ1v) is 12.3. The van der Waals surface area contributed by atoms with Gasteiger partial charge in [-0.1, -0.05) is 36.4 Å². The highest BCUT2D eigenvalue weighted by atomic mass is 31.2. The Hall–Kier alpha value is -2.93. The summed E-state index contributed by atoms with van der Waals surface area (Å²) in [5, 5.41) is 27.0. The molecule has 0 heterocycles. The molecule has 3 rings (SSSR count). The number of hydrogen-bond acceptors (Lipinski definition) is 7. The molecule has 0 aliphatic rings. The van der Waals surface area contributed by atoms with Gasteiger partial charge < -0.3 is 19.5 Å². The van der Waals surface area contributed by atoms with E-state index in [0.717, 1.165) is 5.39 Å². The van der Waals surface area contributed by atoms with Crippen molar-refractivity contribution in [2.45, 2.75) is 52.6 Å². The molecule has 9 heteroatoms. The monoisotopic (exact) mass is 472 g/mol. The molecule has 33 heavy (non-hydrogen) atoms. The number of rotatable bonds is 9. The normalized spacial score (nSPS) is 12.9. The van der Waals surface area contributed by atoms with Crippen molar-refractivity contribution in [3.05, 3.63) is 75.8 Å². The molecule has 3 aromatic rings. The van der Waals surface area contributed by atoms with E-state index in [2.05, 4.69) is 5.32 Å². The van der Waals surface area contributed by atoms with E-state index < -0.39 is 30.5 Å². The molecule has 0 saturated carbocycles. The van der Waals surface area contributed by atoms with Gasteiger partial charge in [0.15, 0.2) is 5.78 Å². The Morgan fingerprint density at radius 3 is 2.24 bits per heavy atom. The van der Waals surface area contributed by atoms with Gasteiger partial charge in [0, 0.05) is 22.9 Å². The summed E-state index contributed by atoms with van der Waals surface area (Å²) in [4.78, 5) is 11.0. The molecule has 0 fully saturated rings. The number of aromatic hydroxyl groups is 1. The van der Waals surface area contributed by atoms with E-state index in [4.69, 9.17) is 9.05 Å². The highest BCUT2D eigenvalue weighted by Crippen LogP contribution is 2.64. The fraction of sp³-hybridized carbons (Fsp3) is 0.333. The molecule has 176 valence electrons. The van der Waals surface area contributed by atoms with Crippen LogP contribution in [-0.4, -0.2) is 22.2 Å². The van der Waals surface area contributed by atoms with E-state index in [1.54, 1.807) is 52.8 Å². The maximum atomic E-state index is 14.3. The number of fused-ring (bicyclic) bond motifs is 1. The average molecular weight is 472 g/mol. The van der Waals surface area contributed by atoms with Crippen molar-refractivity contribution in [1.29, 1.82) is 0 Å². The van der Waals surface area contributed by atoms with Crippen molar-refractivity contribution in [2.24, 2.45) is 0 Å². The van der Waals surface area contributed by atoms with E-state index in [1.807, 2.05) is 24.3 Å². The van der Waals surface area contributed by atoms with Crippen LogP contribution < -0.4 is 5.32 Å². The molecule has 0 aromatic heterocycles. The fourth-order valence-electron chi connectivity index (χ4n) is 3.67. The van der Waals surface area contributed by atoms with E-state index >= 15 is 0 Å². The van der Waals surface area contributed by atoms with E-state index in [9.17, 15) is 19.8 Å². The minimum absolute atomic E-state index is 0.0784. The third-order valence-corrected chi connectivity index (χ3v) is 7.41. The number of nitrogens with zero attached hydrogens (tertiary/aromatic N) is 1. The smallest absolute Gasteiger partial charge is 0.357 e. The Morgan fingerprint density at radius 2 is 1.64 bits per heavy atom. The minimum Gasteiger partial charge on any atom is -0.508 e. The van der Waals surface area contributed by atoms with Gasteiger partial charge in [-0.3, -0.25) is 14.7 Å². The molecule has 0 saturated heterocycles. The summed E-state index contributed by atoms with van der Waals surface area (Å²) in [6.45, 7) is 8.62. The molecule has 2 N–H and O–H groups in total. The maximum Gasteiger partial charge on any atom is 0.357 e. The first-order chi connectivity index (χ1) is 15.5. The molecule has 0 spiro atoms. The fourth-order valence-corrected chi connectivity index (χ4v) is 6.03. The molecular weight excluding hydrogens is 443 g/mol. The number of phenols is 1. The van der Waals surface area contributed by atoms with Crippen LogP contribution in [0, 0.1) is 17.0 Å². The highest BCUT2D eigenvalue weighted by Gasteiger charge is 2.42. The van der Waals surface area contributed by atoms with E-state index in [1.165, 1.54) is 12.1 Å². The summed E-state index contributed by atoms with van der Waals surface area (Å²) >= 11 is 0. The number of aryl methyl sites for hydroxylation is 1. The van der Waals surface area contributed by atoms with Crippen LogP contribution in [0.5, 0.6) is 5.75 Å². The minimum atomic E-state index is -3.95. The number of hydrogen-bond donors (Lipinski definition) is 2. The first kappa shape index (κ1) is 24.7. The van der Waals surface area contributed by atoms with Crippen LogP contribution in [0.2, 0.25) is 0 Å². The van der Waals surface area contributed by atoms with Crippen molar-refractivity contribution in [3.8, 4) is 5.75 Å². The molecule has 0 aliphatic heterocycles. The zero-order valence-corrected chi connectivity index (χ0v) is 20.2. The molecule has 1 atom stereocenters. The average Bonchev–Trinajstić information content (AvgIpc) is 2.72. The third-order valence-electron chi connectivity index (χ3n) is 4.96. The van der Waals surface area contributed by atoms with Gasteiger partial charge in [-0.15, -0.1) is 0 Å². The second-order valence-electron chi connectivity index (χ2n) is 8.37. The molecule has 0 radical (unpaired) electrons. The van der Waals surface area contributed by atoms with Gasteiger partial charge in [0.05, 0.1) is 17.1 Å². The number of nitro benzene ring substituents is 1. The van der Waals surface area contributed by atoms with Gasteiger partial charge >= 0.3 is 7.60 Å². The molecular formula is C24H29N2O6P. The second-order valence-corrected chi connectivity index (χ2v) is 10.4. The summed E-state index contributed by atoms with van der Waals surface area (Å²) in [6, 6.07) is 15.3. The van der Waals surface area contributed by atoms with Gasteiger partial charge in [0.25, 0.3) is 5.69 Å². The Bertz CT molecular complexity index is 1200. The Balaban J connectivity index is 2.26. The van der Waals surface area contributed by atoms with E-state index in [0.29, 0.717) is 22.2 Å². The summed E-state index contributed by atoms with van der Waals surface area (Å²) < 4.78 is 26.0. The van der Waals surface area contributed by atoms with Gasteiger partial charge in [0.1, 0.15) is 5.75 Å². The van der Waals surface area contributed by atoms with Crippen molar-refractivity contribution >= 4 is 29.7 Å². The number of nitrogens with one attached hydrogen (secondary N) is 1. The van der Waals surface area contributed by atoms with Crippen LogP contribution in [0.4, 0.5) is 11.4 Å². The topological polar surface area (TPSA) is 111 Å². The zero-order chi connectivity index (χ0) is 24.3. The summed E-state index contributed by atoms with van der Waals surface area (Å²) in [5.41, 5.74) is 1.10. The summed E-state index contributed by atoms with van der Waals surface area (Å²) in [5.74, 6) is -1.22. The van der Waals surface area contributed by atoms with Crippen LogP contribution in [0.1, 0.15) is 44.6 Å². The van der Waals surface area contributed by atoms with Crippen LogP contribution in [-0.2, 0) is 13.6 Å². The molecule has 3 aromatic carbocycles. The Labute approximate surface area is 193 Å². The number of anilines is 1. The summed E-state index contributed by atoms with van der Waals surface area (Å²) in [6.07, 6.45) is -0.883. The lowest BCUT2D eigenvalue weighted by molar-refractivity contribution is -0.385. The lowest BCUT2D eigenvalue weighted by Crippen LogP contribution is -2.19. The lowest BCUT2D eigenvalue weighted by Gasteiger charge is -2.32. The third kappa shape index (κ3) is 5.53. The standard InChI is InChI=1S/C24H29N2O6P/c1-15(2)31-33(30,32-16(3)4)24(25-19-12-10-17(5)21(14-19)26(28)29)23-20-9-7-6-8-18(20)11-13-22(23)27/h6-16,24-25,27H,1-5H3. The summed E-state index contributed by atoms with van der Waals surface area (Å²) in [7, 11) is -3.95. The zero-order valence-electron chi connectivity index (χ0n) is 19.3. The molecule has 0 bridgehead atoms. The lowest BCUT2D eigenvalue weighted by atomic mass is 10.0. The number of benzene rings is 3. The van der Waals surface area contributed by atoms with Gasteiger partial charge in [0.2, 0.25) is 0 Å². The molecule has 8 nitrogen and oxygen atoms in total. The van der Waals surface area contributed by atoms with Crippen LogP contribution >= 0.6 is 7.60 Å². The first-order valence-electron chi connectivity index (χ1n) is 10.7.